The normalized spacial score (nSPS) is 19.5. The lowest BCUT2D eigenvalue weighted by atomic mass is 10.1. The predicted octanol–water partition coefficient (Wildman–Crippen LogP) is 2.21. The van der Waals surface area contributed by atoms with Crippen molar-refractivity contribution in [2.75, 3.05) is 18.0 Å². The largest absolute Gasteiger partial charge is 0.366 e. The first-order chi connectivity index (χ1) is 15.7. The smallest absolute Gasteiger partial charge is 0.259 e. The number of hydrogen-bond donors (Lipinski definition) is 2. The summed E-state index contributed by atoms with van der Waals surface area (Å²) < 4.78 is 28.3. The summed E-state index contributed by atoms with van der Waals surface area (Å²) in [6.07, 6.45) is 0. The van der Waals surface area contributed by atoms with E-state index in [0.29, 0.717) is 22.5 Å². The molecule has 172 valence electrons. The zero-order chi connectivity index (χ0) is 23.5. The summed E-state index contributed by atoms with van der Waals surface area (Å²) in [5.41, 5.74) is 2.71. The Morgan fingerprint density at radius 3 is 2.64 bits per heavy atom. The molecule has 2 atom stereocenters. The van der Waals surface area contributed by atoms with Crippen molar-refractivity contribution < 1.29 is 8.42 Å². The lowest BCUT2D eigenvalue weighted by Crippen LogP contribution is -2.54. The molecule has 1 fully saturated rings. The Hall–Kier alpha value is -3.24. The number of nitrogens with zero attached hydrogens (tertiary/aromatic N) is 4. The van der Waals surface area contributed by atoms with E-state index in [1.54, 1.807) is 31.2 Å². The quantitative estimate of drug-likeness (QED) is 0.476. The summed E-state index contributed by atoms with van der Waals surface area (Å²) in [4.78, 5) is 18.0. The molecule has 5 rings (SSSR count). The fourth-order valence-corrected chi connectivity index (χ4v) is 6.03. The Kier molecular flexibility index (Phi) is 5.02. The van der Waals surface area contributed by atoms with Crippen LogP contribution in [0.3, 0.4) is 0 Å². The van der Waals surface area contributed by atoms with Crippen LogP contribution in [0.5, 0.6) is 0 Å². The van der Waals surface area contributed by atoms with E-state index in [0.717, 1.165) is 24.3 Å². The third-order valence-corrected chi connectivity index (χ3v) is 8.12. The molecule has 0 amide bonds. The number of benzene rings is 2. The summed E-state index contributed by atoms with van der Waals surface area (Å²) in [7, 11) is -3.99. The van der Waals surface area contributed by atoms with E-state index >= 15 is 0 Å². The van der Waals surface area contributed by atoms with Gasteiger partial charge in [0.05, 0.1) is 15.8 Å². The molecule has 2 aromatic heterocycles. The highest BCUT2D eigenvalue weighted by atomic mass is 32.2. The number of nitrogens with one attached hydrogen (secondary N) is 2. The van der Waals surface area contributed by atoms with Gasteiger partial charge in [-0.1, -0.05) is 22.9 Å². The van der Waals surface area contributed by atoms with Gasteiger partial charge in [-0.2, -0.15) is 4.52 Å². The zero-order valence-corrected chi connectivity index (χ0v) is 19.8. The van der Waals surface area contributed by atoms with Gasteiger partial charge < -0.3 is 15.2 Å². The average Bonchev–Trinajstić information content (AvgIpc) is 3.20. The van der Waals surface area contributed by atoms with Gasteiger partial charge in [0.15, 0.2) is 5.65 Å². The lowest BCUT2D eigenvalue weighted by Gasteiger charge is -2.39. The van der Waals surface area contributed by atoms with Crippen molar-refractivity contribution in [3.63, 3.8) is 0 Å². The molecule has 4 aromatic rings. The third-order valence-electron chi connectivity index (χ3n) is 6.30. The zero-order valence-electron chi connectivity index (χ0n) is 19.0. The van der Waals surface area contributed by atoms with Crippen molar-refractivity contribution in [1.82, 2.24) is 25.1 Å². The molecule has 33 heavy (non-hydrogen) atoms. The van der Waals surface area contributed by atoms with E-state index in [1.807, 2.05) is 19.1 Å². The fraction of sp³-hybridized carbons (Fsp3) is 0.348. The van der Waals surface area contributed by atoms with Crippen molar-refractivity contribution in [3.8, 4) is 0 Å². The molecule has 1 saturated heterocycles. The number of H-pyrrole nitrogens is 1. The molecule has 2 N–H and O–H groups in total. The number of rotatable bonds is 3. The summed E-state index contributed by atoms with van der Waals surface area (Å²) in [5, 5.41) is 11.8. The van der Waals surface area contributed by atoms with E-state index in [9.17, 15) is 13.2 Å². The summed E-state index contributed by atoms with van der Waals surface area (Å²) in [6.45, 7) is 9.59. The molecular weight excluding hydrogens is 440 g/mol. The second-order valence-corrected chi connectivity index (χ2v) is 10.7. The minimum atomic E-state index is -3.99. The topological polar surface area (TPSA) is 112 Å². The molecule has 0 saturated carbocycles. The van der Waals surface area contributed by atoms with E-state index in [2.05, 4.69) is 39.4 Å². The number of aromatic nitrogens is 4. The maximum atomic E-state index is 13.4. The highest BCUT2D eigenvalue weighted by Gasteiger charge is 2.28. The first kappa shape index (κ1) is 21.6. The van der Waals surface area contributed by atoms with Gasteiger partial charge in [-0.05, 0) is 57.5 Å². The Bertz CT molecular complexity index is 1560. The molecule has 1 aliphatic rings. The monoisotopic (exact) mass is 466 g/mol. The summed E-state index contributed by atoms with van der Waals surface area (Å²) in [5.74, 6) is 0. The van der Waals surface area contributed by atoms with E-state index in [-0.39, 0.29) is 27.2 Å². The highest BCUT2D eigenvalue weighted by molar-refractivity contribution is 7.91. The minimum absolute atomic E-state index is 0.0614. The maximum absolute atomic E-state index is 13.4. The van der Waals surface area contributed by atoms with Crippen LogP contribution in [-0.2, 0) is 9.84 Å². The number of sulfone groups is 1. The number of fused-ring (bicyclic) bond motifs is 3. The van der Waals surface area contributed by atoms with E-state index < -0.39 is 9.84 Å². The number of anilines is 1. The van der Waals surface area contributed by atoms with E-state index in [1.165, 1.54) is 4.52 Å². The lowest BCUT2D eigenvalue weighted by molar-refractivity contribution is 0.425. The van der Waals surface area contributed by atoms with Crippen molar-refractivity contribution >= 4 is 32.1 Å². The fourth-order valence-electron chi connectivity index (χ4n) is 4.55. The Morgan fingerprint density at radius 1 is 1.09 bits per heavy atom. The standard InChI is InChI=1S/C23H26N6O3S/c1-13-5-8-20(14(2)9-13)33(31,32)23-21-25-22(30)18-7-6-17(10-19(18)29(21)27-26-23)28-12-15(3)24-11-16(28)4/h5-10,15-16,24H,11-12H2,1-4H3,(H,25,30)/t15-,16+/m0/s1. The van der Waals surface area contributed by atoms with Crippen LogP contribution in [0.15, 0.2) is 51.1 Å². The molecule has 9 nitrogen and oxygen atoms in total. The Labute approximate surface area is 191 Å². The second kappa shape index (κ2) is 7.67. The molecular formula is C23H26N6O3S. The summed E-state index contributed by atoms with van der Waals surface area (Å²) >= 11 is 0. The SMILES string of the molecule is Cc1ccc(S(=O)(=O)c2nnn3c2[nH]c(=O)c2ccc(N4C[C@H](C)NC[C@H]4C)cc23)c(C)c1. The predicted molar refractivity (Wildman–Crippen MR) is 127 cm³/mol. The molecule has 0 spiro atoms. The van der Waals surface area contributed by atoms with Crippen LogP contribution in [-0.4, -0.2) is 53.4 Å². The van der Waals surface area contributed by atoms with Crippen LogP contribution < -0.4 is 15.8 Å². The Balaban J connectivity index is 1.70. The van der Waals surface area contributed by atoms with Crippen molar-refractivity contribution in [1.29, 1.82) is 0 Å². The van der Waals surface area contributed by atoms with Crippen LogP contribution >= 0.6 is 0 Å². The molecule has 10 heteroatoms. The molecule has 0 bridgehead atoms. The molecule has 0 aliphatic carbocycles. The van der Waals surface area contributed by atoms with Crippen LogP contribution in [0.2, 0.25) is 0 Å². The van der Waals surface area contributed by atoms with Gasteiger partial charge >= 0.3 is 0 Å². The first-order valence-corrected chi connectivity index (χ1v) is 12.4. The van der Waals surface area contributed by atoms with Gasteiger partial charge in [0.1, 0.15) is 0 Å². The molecule has 1 aliphatic heterocycles. The van der Waals surface area contributed by atoms with Crippen LogP contribution in [0.25, 0.3) is 16.6 Å². The van der Waals surface area contributed by atoms with Crippen molar-refractivity contribution in [2.24, 2.45) is 0 Å². The van der Waals surface area contributed by atoms with Crippen molar-refractivity contribution in [2.45, 2.75) is 49.7 Å². The van der Waals surface area contributed by atoms with Gasteiger partial charge in [-0.15, -0.1) is 5.10 Å². The number of piperazine rings is 1. The van der Waals surface area contributed by atoms with Crippen LogP contribution in [0.4, 0.5) is 5.69 Å². The minimum Gasteiger partial charge on any atom is -0.366 e. The molecule has 3 heterocycles. The number of aromatic amines is 1. The molecule has 0 unspecified atom stereocenters. The highest BCUT2D eigenvalue weighted by Crippen LogP contribution is 2.28. The number of aryl methyl sites for hydroxylation is 2. The van der Waals surface area contributed by atoms with Gasteiger partial charge in [0.2, 0.25) is 14.9 Å². The Morgan fingerprint density at radius 2 is 1.88 bits per heavy atom. The van der Waals surface area contributed by atoms with Gasteiger partial charge in [-0.25, -0.2) is 8.42 Å². The number of hydrogen-bond acceptors (Lipinski definition) is 7. The van der Waals surface area contributed by atoms with Gasteiger partial charge in [0, 0.05) is 30.9 Å². The van der Waals surface area contributed by atoms with Crippen molar-refractivity contribution in [3.05, 3.63) is 57.9 Å². The first-order valence-electron chi connectivity index (χ1n) is 10.9. The second-order valence-electron chi connectivity index (χ2n) is 8.89. The van der Waals surface area contributed by atoms with Crippen LogP contribution in [0.1, 0.15) is 25.0 Å². The maximum Gasteiger partial charge on any atom is 0.259 e. The van der Waals surface area contributed by atoms with E-state index in [4.69, 9.17) is 0 Å². The average molecular weight is 467 g/mol. The van der Waals surface area contributed by atoms with Gasteiger partial charge in [-0.3, -0.25) is 4.79 Å². The third kappa shape index (κ3) is 3.50. The molecule has 2 aromatic carbocycles. The van der Waals surface area contributed by atoms with Gasteiger partial charge in [0.25, 0.3) is 5.56 Å². The van der Waals surface area contributed by atoms with Crippen LogP contribution in [0, 0.1) is 13.8 Å². The summed E-state index contributed by atoms with van der Waals surface area (Å²) in [6, 6.07) is 11.3. The molecule has 0 radical (unpaired) electrons.